The van der Waals surface area contributed by atoms with Crippen molar-refractivity contribution in [3.8, 4) is 0 Å². The third kappa shape index (κ3) is 2.20. The van der Waals surface area contributed by atoms with Crippen molar-refractivity contribution in [1.82, 2.24) is 4.57 Å². The Kier molecular flexibility index (Phi) is 2.60. The van der Waals surface area contributed by atoms with E-state index in [1.165, 1.54) is 5.56 Å². The smallest absolute Gasteiger partial charge is 0.127 e. The second kappa shape index (κ2) is 3.36. The van der Waals surface area contributed by atoms with Crippen molar-refractivity contribution < 1.29 is 0 Å². The molecule has 72 valence electrons. The van der Waals surface area contributed by atoms with Gasteiger partial charge in [-0.2, -0.15) is 0 Å². The molecule has 1 aromatic rings. The van der Waals surface area contributed by atoms with Crippen LogP contribution in [0.1, 0.15) is 26.3 Å². The maximum absolute atomic E-state index is 4.21. The van der Waals surface area contributed by atoms with Crippen molar-refractivity contribution in [2.75, 3.05) is 7.05 Å². The third-order valence-electron chi connectivity index (χ3n) is 2.22. The van der Waals surface area contributed by atoms with E-state index < -0.39 is 0 Å². The summed E-state index contributed by atoms with van der Waals surface area (Å²) in [6.45, 7) is 6.63. The summed E-state index contributed by atoms with van der Waals surface area (Å²) >= 11 is 0. The summed E-state index contributed by atoms with van der Waals surface area (Å²) in [5.41, 5.74) is 2.55. The van der Waals surface area contributed by atoms with E-state index in [0.717, 1.165) is 5.49 Å². The zero-order valence-corrected chi connectivity index (χ0v) is 9.13. The lowest BCUT2D eigenvalue weighted by molar-refractivity contribution is 0.584. The summed E-state index contributed by atoms with van der Waals surface area (Å²) in [5, 5.41) is 0. The number of pyridine rings is 1. The molecule has 0 unspecified atom stereocenters. The molecule has 2 heteroatoms. The highest BCUT2D eigenvalue weighted by Gasteiger charge is 2.13. The average molecular weight is 178 g/mol. The molecule has 0 aliphatic heterocycles. The van der Waals surface area contributed by atoms with E-state index in [0.29, 0.717) is 0 Å². The second-order valence-corrected chi connectivity index (χ2v) is 4.36. The third-order valence-corrected chi connectivity index (χ3v) is 2.22. The first-order chi connectivity index (χ1) is 5.95. The Balaban J connectivity index is 3.31. The highest BCUT2D eigenvalue weighted by molar-refractivity contribution is 5.19. The molecule has 0 aliphatic rings. The van der Waals surface area contributed by atoms with Crippen LogP contribution in [0.5, 0.6) is 0 Å². The highest BCUT2D eigenvalue weighted by atomic mass is 15.0. The normalized spacial score (nSPS) is 13.5. The standard InChI is InChI=1S/C11H18N2/c1-11(2,3)9-6-7-13(5)10(8-9)12-4/h6-8H,1-5H3/b12-10-. The summed E-state index contributed by atoms with van der Waals surface area (Å²) in [6.07, 6.45) is 2.06. The minimum absolute atomic E-state index is 0.202. The van der Waals surface area contributed by atoms with Crippen LogP contribution in [0.4, 0.5) is 0 Å². The summed E-state index contributed by atoms with van der Waals surface area (Å²) in [7, 11) is 3.83. The van der Waals surface area contributed by atoms with Crippen LogP contribution in [0.2, 0.25) is 0 Å². The first-order valence-electron chi connectivity index (χ1n) is 4.55. The van der Waals surface area contributed by atoms with Gasteiger partial charge in [-0.25, -0.2) is 0 Å². The summed E-state index contributed by atoms with van der Waals surface area (Å²) in [4.78, 5) is 4.21. The minimum atomic E-state index is 0.202. The van der Waals surface area contributed by atoms with Gasteiger partial charge in [0.05, 0.1) is 0 Å². The van der Waals surface area contributed by atoms with Gasteiger partial charge in [-0.3, -0.25) is 4.99 Å². The number of hydrogen-bond acceptors (Lipinski definition) is 1. The van der Waals surface area contributed by atoms with Gasteiger partial charge < -0.3 is 4.57 Å². The van der Waals surface area contributed by atoms with Crippen LogP contribution >= 0.6 is 0 Å². The van der Waals surface area contributed by atoms with Gasteiger partial charge in [0.15, 0.2) is 0 Å². The number of aromatic nitrogens is 1. The quantitative estimate of drug-likeness (QED) is 0.577. The summed E-state index contributed by atoms with van der Waals surface area (Å²) in [5.74, 6) is 0. The van der Waals surface area contributed by atoms with Gasteiger partial charge in [-0.15, -0.1) is 0 Å². The number of nitrogens with zero attached hydrogens (tertiary/aromatic N) is 2. The summed E-state index contributed by atoms with van der Waals surface area (Å²) in [6, 6.07) is 4.29. The lowest BCUT2D eigenvalue weighted by Gasteiger charge is -2.19. The Bertz CT molecular complexity index is 353. The fraction of sp³-hybridized carbons (Fsp3) is 0.545. The second-order valence-electron chi connectivity index (χ2n) is 4.36. The predicted molar refractivity (Wildman–Crippen MR) is 55.6 cm³/mol. The lowest BCUT2D eigenvalue weighted by Crippen LogP contribution is -2.21. The van der Waals surface area contributed by atoms with E-state index in [1.54, 1.807) is 0 Å². The molecule has 0 radical (unpaired) electrons. The first-order valence-corrected chi connectivity index (χ1v) is 4.55. The fourth-order valence-corrected chi connectivity index (χ4v) is 1.25. The Morgan fingerprint density at radius 3 is 2.38 bits per heavy atom. The van der Waals surface area contributed by atoms with E-state index in [-0.39, 0.29) is 5.41 Å². The van der Waals surface area contributed by atoms with Crippen LogP contribution in [-0.2, 0) is 12.5 Å². The van der Waals surface area contributed by atoms with Crippen molar-refractivity contribution in [2.45, 2.75) is 26.2 Å². The molecule has 0 atom stereocenters. The van der Waals surface area contributed by atoms with Gasteiger partial charge in [-0.05, 0) is 23.1 Å². The molecule has 0 saturated carbocycles. The predicted octanol–water partition coefficient (Wildman–Crippen LogP) is 1.85. The maximum atomic E-state index is 4.21. The van der Waals surface area contributed by atoms with Crippen molar-refractivity contribution in [3.63, 3.8) is 0 Å². The van der Waals surface area contributed by atoms with E-state index in [4.69, 9.17) is 0 Å². The van der Waals surface area contributed by atoms with Gasteiger partial charge >= 0.3 is 0 Å². The largest absolute Gasteiger partial charge is 0.336 e. The van der Waals surface area contributed by atoms with Gasteiger partial charge in [0, 0.05) is 20.3 Å². The molecule has 0 spiro atoms. The molecule has 0 amide bonds. The highest BCUT2D eigenvalue weighted by Crippen LogP contribution is 2.19. The van der Waals surface area contributed by atoms with Crippen LogP contribution in [0.15, 0.2) is 23.3 Å². The molecule has 0 N–H and O–H groups in total. The number of aryl methyl sites for hydroxylation is 1. The van der Waals surface area contributed by atoms with Crippen LogP contribution in [0.25, 0.3) is 0 Å². The van der Waals surface area contributed by atoms with Crippen molar-refractivity contribution in [2.24, 2.45) is 12.0 Å². The fourth-order valence-electron chi connectivity index (χ4n) is 1.25. The Morgan fingerprint density at radius 1 is 1.31 bits per heavy atom. The van der Waals surface area contributed by atoms with E-state index >= 15 is 0 Å². The van der Waals surface area contributed by atoms with Crippen molar-refractivity contribution in [3.05, 3.63) is 29.4 Å². The zero-order chi connectivity index (χ0) is 10.1. The molecule has 1 aromatic heterocycles. The van der Waals surface area contributed by atoms with Crippen LogP contribution < -0.4 is 5.49 Å². The topological polar surface area (TPSA) is 17.3 Å². The van der Waals surface area contributed by atoms with Gasteiger partial charge in [-0.1, -0.05) is 20.8 Å². The van der Waals surface area contributed by atoms with Crippen LogP contribution in [-0.4, -0.2) is 11.6 Å². The van der Waals surface area contributed by atoms with Gasteiger partial charge in [0.25, 0.3) is 0 Å². The first kappa shape index (κ1) is 10.0. The monoisotopic (exact) mass is 178 g/mol. The van der Waals surface area contributed by atoms with Gasteiger partial charge in [0.1, 0.15) is 5.49 Å². The molecule has 13 heavy (non-hydrogen) atoms. The molecule has 0 saturated heterocycles. The molecule has 1 heterocycles. The van der Waals surface area contributed by atoms with E-state index in [2.05, 4.69) is 44.1 Å². The van der Waals surface area contributed by atoms with Crippen LogP contribution in [0, 0.1) is 0 Å². The SMILES string of the molecule is C/N=c1/cc(C(C)(C)C)ccn1C. The lowest BCUT2D eigenvalue weighted by atomic mass is 9.88. The van der Waals surface area contributed by atoms with Crippen molar-refractivity contribution >= 4 is 0 Å². The molecule has 1 rings (SSSR count). The van der Waals surface area contributed by atoms with E-state index in [1.807, 2.05) is 18.7 Å². The molecule has 0 fully saturated rings. The molecule has 0 aromatic carbocycles. The molecular weight excluding hydrogens is 160 g/mol. The van der Waals surface area contributed by atoms with E-state index in [9.17, 15) is 0 Å². The molecule has 0 bridgehead atoms. The Hall–Kier alpha value is -1.05. The minimum Gasteiger partial charge on any atom is -0.336 e. The number of rotatable bonds is 0. The number of hydrogen-bond donors (Lipinski definition) is 0. The Labute approximate surface area is 79.9 Å². The van der Waals surface area contributed by atoms with Crippen molar-refractivity contribution in [1.29, 1.82) is 0 Å². The molecule has 2 nitrogen and oxygen atoms in total. The molecule has 0 aliphatic carbocycles. The van der Waals surface area contributed by atoms with Crippen LogP contribution in [0.3, 0.4) is 0 Å². The van der Waals surface area contributed by atoms with Gasteiger partial charge in [0.2, 0.25) is 0 Å². The zero-order valence-electron chi connectivity index (χ0n) is 9.13. The Morgan fingerprint density at radius 2 is 1.92 bits per heavy atom. The maximum Gasteiger partial charge on any atom is 0.127 e. The summed E-state index contributed by atoms with van der Waals surface area (Å²) < 4.78 is 2.02. The average Bonchev–Trinajstić information content (AvgIpc) is 2.03. The molecular formula is C11H18N2.